The number of Topliss-reactive ketones (excluding diaryl/α,β-unsaturated/α-hetero) is 2. The van der Waals surface area contributed by atoms with Crippen LogP contribution in [0.1, 0.15) is 47.5 Å². The molecule has 0 aromatic heterocycles. The molecule has 0 aromatic rings. The van der Waals surface area contributed by atoms with Gasteiger partial charge in [0.1, 0.15) is 11.6 Å². The van der Waals surface area contributed by atoms with Crippen LogP contribution in [0.3, 0.4) is 0 Å². The maximum absolute atomic E-state index is 12.2. The van der Waals surface area contributed by atoms with Gasteiger partial charge in [-0.05, 0) is 24.7 Å². The molecule has 4 unspecified atom stereocenters. The molecule has 1 fully saturated rings. The lowest BCUT2D eigenvalue weighted by molar-refractivity contribution is -0.127. The fourth-order valence-corrected chi connectivity index (χ4v) is 4.41. The fraction of sp³-hybridized carbons (Fsp3) is 0.867. The summed E-state index contributed by atoms with van der Waals surface area (Å²) in [7, 11) is 0.758. The summed E-state index contributed by atoms with van der Waals surface area (Å²) in [5, 5.41) is 0. The van der Waals surface area contributed by atoms with Crippen molar-refractivity contribution < 1.29 is 9.59 Å². The van der Waals surface area contributed by atoms with Gasteiger partial charge in [0.25, 0.3) is 0 Å². The molecular formula is C15H27O2P. The average molecular weight is 270 g/mol. The van der Waals surface area contributed by atoms with Gasteiger partial charge < -0.3 is 0 Å². The number of rotatable bonds is 4. The standard InChI is InChI=1S/C15H27O2P/c1-9(2)14(16)12-6-7-13(11(5)18-8-12)15(17)10(3)4/h9-13,18H,6-8H2,1-5H3. The summed E-state index contributed by atoms with van der Waals surface area (Å²) < 4.78 is 0. The van der Waals surface area contributed by atoms with Crippen molar-refractivity contribution in [2.45, 2.75) is 53.1 Å². The van der Waals surface area contributed by atoms with E-state index in [-0.39, 0.29) is 23.7 Å². The van der Waals surface area contributed by atoms with Gasteiger partial charge in [-0.15, -0.1) is 8.58 Å². The molecule has 18 heavy (non-hydrogen) atoms. The van der Waals surface area contributed by atoms with Crippen molar-refractivity contribution in [1.29, 1.82) is 0 Å². The van der Waals surface area contributed by atoms with E-state index >= 15 is 0 Å². The Bertz CT molecular complexity index is 310. The Morgan fingerprint density at radius 1 is 1.00 bits per heavy atom. The molecule has 1 heterocycles. The van der Waals surface area contributed by atoms with Gasteiger partial charge >= 0.3 is 0 Å². The van der Waals surface area contributed by atoms with Crippen LogP contribution in [-0.2, 0) is 9.59 Å². The van der Waals surface area contributed by atoms with Crippen LogP contribution in [0.2, 0.25) is 0 Å². The van der Waals surface area contributed by atoms with Gasteiger partial charge in [-0.1, -0.05) is 34.6 Å². The SMILES string of the molecule is CC(C)C(=O)C1CCC(C(=O)C(C)C)C(C)PC1. The lowest BCUT2D eigenvalue weighted by Crippen LogP contribution is -2.26. The maximum atomic E-state index is 12.2. The third-order valence-electron chi connectivity index (χ3n) is 4.02. The van der Waals surface area contributed by atoms with Gasteiger partial charge in [-0.2, -0.15) is 0 Å². The van der Waals surface area contributed by atoms with Crippen LogP contribution in [0.4, 0.5) is 0 Å². The molecule has 4 atom stereocenters. The van der Waals surface area contributed by atoms with Crippen molar-refractivity contribution in [2.24, 2.45) is 23.7 Å². The third-order valence-corrected chi connectivity index (χ3v) is 5.80. The maximum Gasteiger partial charge on any atom is 0.139 e. The van der Waals surface area contributed by atoms with Gasteiger partial charge in [0.15, 0.2) is 0 Å². The second kappa shape index (κ2) is 6.80. The van der Waals surface area contributed by atoms with Crippen LogP contribution in [0.5, 0.6) is 0 Å². The zero-order chi connectivity index (χ0) is 13.9. The first kappa shape index (κ1) is 15.8. The smallest absolute Gasteiger partial charge is 0.139 e. The number of hydrogen-bond acceptors (Lipinski definition) is 2. The summed E-state index contributed by atoms with van der Waals surface area (Å²) in [6.45, 7) is 10.1. The van der Waals surface area contributed by atoms with E-state index in [1.807, 2.05) is 27.7 Å². The molecule has 1 rings (SSSR count). The molecule has 0 aliphatic carbocycles. The molecule has 1 saturated heterocycles. The van der Waals surface area contributed by atoms with Gasteiger partial charge in [0.2, 0.25) is 0 Å². The summed E-state index contributed by atoms with van der Waals surface area (Å²) in [5.41, 5.74) is 0.463. The minimum absolute atomic E-state index is 0.125. The van der Waals surface area contributed by atoms with Gasteiger partial charge in [0, 0.05) is 23.7 Å². The molecule has 1 aliphatic rings. The molecule has 2 nitrogen and oxygen atoms in total. The molecule has 0 radical (unpaired) electrons. The van der Waals surface area contributed by atoms with Crippen molar-refractivity contribution in [2.75, 3.05) is 6.16 Å². The first-order valence-electron chi connectivity index (χ1n) is 7.15. The van der Waals surface area contributed by atoms with Crippen molar-refractivity contribution >= 4 is 20.1 Å². The van der Waals surface area contributed by atoms with Gasteiger partial charge in [0.05, 0.1) is 0 Å². The Kier molecular flexibility index (Phi) is 5.98. The lowest BCUT2D eigenvalue weighted by Gasteiger charge is -2.21. The average Bonchev–Trinajstić information content (AvgIpc) is 2.49. The van der Waals surface area contributed by atoms with Crippen LogP contribution >= 0.6 is 8.58 Å². The molecule has 0 spiro atoms. The van der Waals surface area contributed by atoms with Crippen LogP contribution in [-0.4, -0.2) is 23.4 Å². The highest BCUT2D eigenvalue weighted by atomic mass is 31.1. The molecule has 0 bridgehead atoms. The highest BCUT2D eigenvalue weighted by molar-refractivity contribution is 7.39. The number of ketones is 2. The molecule has 0 saturated carbocycles. The zero-order valence-electron chi connectivity index (χ0n) is 12.3. The number of carbonyl (C=O) groups is 2. The van der Waals surface area contributed by atoms with Crippen LogP contribution in [0.15, 0.2) is 0 Å². The molecule has 0 amide bonds. The predicted molar refractivity (Wildman–Crippen MR) is 78.5 cm³/mol. The lowest BCUT2D eigenvalue weighted by atomic mass is 9.84. The summed E-state index contributed by atoms with van der Waals surface area (Å²) >= 11 is 0. The van der Waals surface area contributed by atoms with Crippen molar-refractivity contribution in [3.05, 3.63) is 0 Å². The van der Waals surface area contributed by atoms with E-state index in [0.29, 0.717) is 17.2 Å². The monoisotopic (exact) mass is 270 g/mol. The predicted octanol–water partition coefficient (Wildman–Crippen LogP) is 3.53. The minimum atomic E-state index is 0.125. The summed E-state index contributed by atoms with van der Waals surface area (Å²) in [5.74, 6) is 1.44. The largest absolute Gasteiger partial charge is 0.299 e. The topological polar surface area (TPSA) is 34.1 Å². The first-order chi connectivity index (χ1) is 8.34. The highest BCUT2D eigenvalue weighted by Gasteiger charge is 2.33. The minimum Gasteiger partial charge on any atom is -0.299 e. The molecule has 1 aliphatic heterocycles. The number of carbonyl (C=O) groups excluding carboxylic acids is 2. The second-order valence-electron chi connectivity index (χ2n) is 6.19. The number of hydrogen-bond donors (Lipinski definition) is 0. The van der Waals surface area contributed by atoms with E-state index in [4.69, 9.17) is 0 Å². The van der Waals surface area contributed by atoms with E-state index in [2.05, 4.69) is 6.92 Å². The highest BCUT2D eigenvalue weighted by Crippen LogP contribution is 2.38. The normalized spacial score (nSPS) is 30.7. The van der Waals surface area contributed by atoms with E-state index in [1.54, 1.807) is 0 Å². The molecule has 0 N–H and O–H groups in total. The second-order valence-corrected chi connectivity index (χ2v) is 7.92. The molecule has 104 valence electrons. The van der Waals surface area contributed by atoms with Crippen LogP contribution < -0.4 is 0 Å². The Morgan fingerprint density at radius 2 is 1.56 bits per heavy atom. The summed E-state index contributed by atoms with van der Waals surface area (Å²) in [6.07, 6.45) is 2.83. The Balaban J connectivity index is 2.69. The van der Waals surface area contributed by atoms with E-state index < -0.39 is 0 Å². The van der Waals surface area contributed by atoms with Crippen molar-refractivity contribution in [3.8, 4) is 0 Å². The molecule has 0 aromatic carbocycles. The molecular weight excluding hydrogens is 243 g/mol. The van der Waals surface area contributed by atoms with Crippen LogP contribution in [0, 0.1) is 23.7 Å². The first-order valence-corrected chi connectivity index (χ1v) is 8.43. The van der Waals surface area contributed by atoms with E-state index in [0.717, 1.165) is 27.6 Å². The van der Waals surface area contributed by atoms with Crippen LogP contribution in [0.25, 0.3) is 0 Å². The van der Waals surface area contributed by atoms with E-state index in [9.17, 15) is 9.59 Å². The van der Waals surface area contributed by atoms with Gasteiger partial charge in [-0.3, -0.25) is 9.59 Å². The zero-order valence-corrected chi connectivity index (χ0v) is 13.3. The Hall–Kier alpha value is -0.230. The Morgan fingerprint density at radius 3 is 2.06 bits per heavy atom. The fourth-order valence-electron chi connectivity index (χ4n) is 2.73. The molecule has 3 heteroatoms. The summed E-state index contributed by atoms with van der Waals surface area (Å²) in [4.78, 5) is 24.3. The quantitative estimate of drug-likeness (QED) is 0.732. The Labute approximate surface area is 113 Å². The van der Waals surface area contributed by atoms with Gasteiger partial charge in [-0.25, -0.2) is 0 Å². The van der Waals surface area contributed by atoms with Crippen molar-refractivity contribution in [1.82, 2.24) is 0 Å². The summed E-state index contributed by atoms with van der Waals surface area (Å²) in [6, 6.07) is 0. The third kappa shape index (κ3) is 3.88. The van der Waals surface area contributed by atoms with E-state index in [1.165, 1.54) is 0 Å². The van der Waals surface area contributed by atoms with Crippen molar-refractivity contribution in [3.63, 3.8) is 0 Å².